The summed E-state index contributed by atoms with van der Waals surface area (Å²) in [6.45, 7) is 1.96. The lowest BCUT2D eigenvalue weighted by atomic mass is 10.1. The molecular formula is C22H20FN3O2. The molecule has 0 radical (unpaired) electrons. The van der Waals surface area contributed by atoms with E-state index in [1.54, 1.807) is 42.6 Å². The molecule has 2 aromatic carbocycles. The van der Waals surface area contributed by atoms with Gasteiger partial charge >= 0.3 is 0 Å². The van der Waals surface area contributed by atoms with Gasteiger partial charge in [0.15, 0.2) is 5.78 Å². The number of hydrogen-bond acceptors (Lipinski definition) is 4. The SMILES string of the molecule is CC(=O)c1ccc(Nc2ccc(C(=O)NCCc3ccc(F)cc3)nc2)cc1. The number of rotatable bonds is 7. The Morgan fingerprint density at radius 1 is 0.929 bits per heavy atom. The van der Waals surface area contributed by atoms with E-state index in [4.69, 9.17) is 0 Å². The van der Waals surface area contributed by atoms with E-state index in [9.17, 15) is 14.0 Å². The molecule has 0 saturated heterocycles. The van der Waals surface area contributed by atoms with Gasteiger partial charge in [-0.25, -0.2) is 9.37 Å². The molecule has 5 nitrogen and oxygen atoms in total. The summed E-state index contributed by atoms with van der Waals surface area (Å²) in [6, 6.07) is 16.7. The minimum Gasteiger partial charge on any atom is -0.354 e. The van der Waals surface area contributed by atoms with Crippen molar-refractivity contribution in [2.24, 2.45) is 0 Å². The Hall–Kier alpha value is -3.54. The number of carbonyl (C=O) groups excluding carboxylic acids is 2. The van der Waals surface area contributed by atoms with E-state index < -0.39 is 0 Å². The van der Waals surface area contributed by atoms with Gasteiger partial charge < -0.3 is 10.6 Å². The number of benzene rings is 2. The fourth-order valence-corrected chi connectivity index (χ4v) is 2.62. The molecule has 0 bridgehead atoms. The minimum absolute atomic E-state index is 0.0167. The van der Waals surface area contributed by atoms with Crippen LogP contribution >= 0.6 is 0 Å². The van der Waals surface area contributed by atoms with Gasteiger partial charge in [0.05, 0.1) is 11.9 Å². The molecule has 3 rings (SSSR count). The van der Waals surface area contributed by atoms with Gasteiger partial charge in [0.1, 0.15) is 11.5 Å². The fourth-order valence-electron chi connectivity index (χ4n) is 2.62. The smallest absolute Gasteiger partial charge is 0.269 e. The Labute approximate surface area is 162 Å². The van der Waals surface area contributed by atoms with Gasteiger partial charge in [0.25, 0.3) is 5.91 Å². The second kappa shape index (κ2) is 8.90. The number of anilines is 2. The zero-order valence-electron chi connectivity index (χ0n) is 15.4. The quantitative estimate of drug-likeness (QED) is 0.607. The number of pyridine rings is 1. The van der Waals surface area contributed by atoms with Crippen LogP contribution in [0.15, 0.2) is 66.9 Å². The van der Waals surface area contributed by atoms with Crippen LogP contribution in [0.25, 0.3) is 0 Å². The van der Waals surface area contributed by atoms with Gasteiger partial charge in [-0.15, -0.1) is 0 Å². The topological polar surface area (TPSA) is 71.1 Å². The van der Waals surface area contributed by atoms with Crippen LogP contribution in [0.5, 0.6) is 0 Å². The lowest BCUT2D eigenvalue weighted by Gasteiger charge is -2.08. The highest BCUT2D eigenvalue weighted by atomic mass is 19.1. The van der Waals surface area contributed by atoms with Crippen molar-refractivity contribution in [2.75, 3.05) is 11.9 Å². The fraction of sp³-hybridized carbons (Fsp3) is 0.136. The van der Waals surface area contributed by atoms with E-state index >= 15 is 0 Å². The first-order valence-electron chi connectivity index (χ1n) is 8.88. The van der Waals surface area contributed by atoms with Crippen molar-refractivity contribution < 1.29 is 14.0 Å². The standard InChI is InChI=1S/C22H20FN3O2/c1-15(27)17-4-8-19(9-5-17)26-20-10-11-21(25-14-20)22(28)24-13-12-16-2-6-18(23)7-3-16/h2-11,14,26H,12-13H2,1H3,(H,24,28). The Morgan fingerprint density at radius 2 is 1.61 bits per heavy atom. The first-order chi connectivity index (χ1) is 13.5. The van der Waals surface area contributed by atoms with E-state index in [2.05, 4.69) is 15.6 Å². The summed E-state index contributed by atoms with van der Waals surface area (Å²) in [4.78, 5) is 27.7. The summed E-state index contributed by atoms with van der Waals surface area (Å²) in [7, 11) is 0. The van der Waals surface area contributed by atoms with Crippen molar-refractivity contribution in [1.29, 1.82) is 0 Å². The molecular weight excluding hydrogens is 357 g/mol. The molecule has 3 aromatic rings. The molecule has 1 heterocycles. The maximum Gasteiger partial charge on any atom is 0.269 e. The van der Waals surface area contributed by atoms with E-state index in [-0.39, 0.29) is 17.5 Å². The molecule has 0 fully saturated rings. The molecule has 0 saturated carbocycles. The molecule has 1 amide bonds. The number of halogens is 1. The molecule has 6 heteroatoms. The molecule has 0 aliphatic carbocycles. The minimum atomic E-state index is -0.277. The summed E-state index contributed by atoms with van der Waals surface area (Å²) >= 11 is 0. The van der Waals surface area contributed by atoms with Gasteiger partial charge in [-0.2, -0.15) is 0 Å². The highest BCUT2D eigenvalue weighted by Crippen LogP contribution is 2.17. The Morgan fingerprint density at radius 3 is 2.21 bits per heavy atom. The van der Waals surface area contributed by atoms with Crippen LogP contribution in [0.2, 0.25) is 0 Å². The van der Waals surface area contributed by atoms with Crippen LogP contribution in [0, 0.1) is 5.82 Å². The van der Waals surface area contributed by atoms with Gasteiger partial charge in [-0.05, 0) is 67.4 Å². The van der Waals surface area contributed by atoms with E-state index in [0.717, 1.165) is 16.9 Å². The Bertz CT molecular complexity index is 953. The lowest BCUT2D eigenvalue weighted by Crippen LogP contribution is -2.26. The van der Waals surface area contributed by atoms with Crippen molar-refractivity contribution in [2.45, 2.75) is 13.3 Å². The predicted octanol–water partition coefficient (Wildman–Crippen LogP) is 4.14. The third kappa shape index (κ3) is 5.23. The first-order valence-corrected chi connectivity index (χ1v) is 8.88. The number of hydrogen-bond donors (Lipinski definition) is 2. The van der Waals surface area contributed by atoms with Crippen molar-refractivity contribution in [3.05, 3.63) is 89.5 Å². The zero-order valence-corrected chi connectivity index (χ0v) is 15.4. The monoisotopic (exact) mass is 377 g/mol. The molecule has 0 atom stereocenters. The van der Waals surface area contributed by atoms with Crippen molar-refractivity contribution >= 4 is 23.1 Å². The Kier molecular flexibility index (Phi) is 6.11. The predicted molar refractivity (Wildman–Crippen MR) is 106 cm³/mol. The van der Waals surface area contributed by atoms with Gasteiger partial charge in [-0.3, -0.25) is 9.59 Å². The van der Waals surface area contributed by atoms with Crippen molar-refractivity contribution in [3.63, 3.8) is 0 Å². The van der Waals surface area contributed by atoms with Gasteiger partial charge in [0.2, 0.25) is 0 Å². The summed E-state index contributed by atoms with van der Waals surface area (Å²) < 4.78 is 12.9. The molecule has 28 heavy (non-hydrogen) atoms. The molecule has 0 unspecified atom stereocenters. The number of ketones is 1. The largest absolute Gasteiger partial charge is 0.354 e. The molecule has 0 spiro atoms. The summed E-state index contributed by atoms with van der Waals surface area (Å²) in [5, 5.41) is 5.97. The molecule has 2 N–H and O–H groups in total. The van der Waals surface area contributed by atoms with E-state index in [1.165, 1.54) is 19.1 Å². The van der Waals surface area contributed by atoms with Crippen LogP contribution < -0.4 is 10.6 Å². The Balaban J connectivity index is 1.52. The lowest BCUT2D eigenvalue weighted by molar-refractivity contribution is 0.0948. The number of nitrogens with zero attached hydrogens (tertiary/aromatic N) is 1. The van der Waals surface area contributed by atoms with Crippen LogP contribution in [-0.2, 0) is 6.42 Å². The number of Topliss-reactive ketones (excluding diaryl/α,β-unsaturated/α-hetero) is 1. The summed E-state index contributed by atoms with van der Waals surface area (Å²) in [5.74, 6) is -0.525. The zero-order chi connectivity index (χ0) is 19.9. The average Bonchev–Trinajstić information content (AvgIpc) is 2.70. The molecule has 142 valence electrons. The van der Waals surface area contributed by atoms with Crippen LogP contribution in [0.3, 0.4) is 0 Å². The number of amides is 1. The van der Waals surface area contributed by atoms with Gasteiger partial charge in [-0.1, -0.05) is 12.1 Å². The number of aromatic nitrogens is 1. The molecule has 0 aliphatic heterocycles. The maximum absolute atomic E-state index is 12.9. The first kappa shape index (κ1) is 19.2. The van der Waals surface area contributed by atoms with Gasteiger partial charge in [0, 0.05) is 17.8 Å². The second-order valence-electron chi connectivity index (χ2n) is 6.32. The number of carbonyl (C=O) groups is 2. The average molecular weight is 377 g/mol. The van der Waals surface area contributed by atoms with Crippen LogP contribution in [0.4, 0.5) is 15.8 Å². The highest BCUT2D eigenvalue weighted by Gasteiger charge is 2.07. The number of nitrogens with one attached hydrogen (secondary N) is 2. The van der Waals surface area contributed by atoms with Crippen LogP contribution in [0.1, 0.15) is 33.3 Å². The second-order valence-corrected chi connectivity index (χ2v) is 6.32. The third-order valence-corrected chi connectivity index (χ3v) is 4.19. The summed E-state index contributed by atoms with van der Waals surface area (Å²) in [6.07, 6.45) is 2.19. The van der Waals surface area contributed by atoms with Crippen LogP contribution in [-0.4, -0.2) is 23.2 Å². The normalized spacial score (nSPS) is 10.4. The van der Waals surface area contributed by atoms with E-state index in [1.807, 2.05) is 12.1 Å². The highest BCUT2D eigenvalue weighted by molar-refractivity contribution is 5.94. The molecule has 1 aromatic heterocycles. The molecule has 0 aliphatic rings. The van der Waals surface area contributed by atoms with Crippen molar-refractivity contribution in [3.8, 4) is 0 Å². The summed E-state index contributed by atoms with van der Waals surface area (Å²) in [5.41, 5.74) is 3.47. The van der Waals surface area contributed by atoms with Crippen molar-refractivity contribution in [1.82, 2.24) is 10.3 Å². The maximum atomic E-state index is 12.9. The third-order valence-electron chi connectivity index (χ3n) is 4.19. The van der Waals surface area contributed by atoms with E-state index in [0.29, 0.717) is 24.2 Å².